The van der Waals surface area contributed by atoms with Gasteiger partial charge in [-0.25, -0.2) is 0 Å². The van der Waals surface area contributed by atoms with Crippen LogP contribution in [0.15, 0.2) is 158 Å². The molecule has 0 saturated carbocycles. The Labute approximate surface area is 289 Å². The molecule has 8 N–H and O–H groups in total. The molecular weight excluding hydrogens is 617 g/mol. The molecule has 0 unspecified atom stereocenters. The summed E-state index contributed by atoms with van der Waals surface area (Å²) in [7, 11) is 0. The van der Waals surface area contributed by atoms with Crippen molar-refractivity contribution in [2.24, 2.45) is 11.5 Å². The van der Waals surface area contributed by atoms with E-state index in [2.05, 4.69) is 20.4 Å². The number of hydrogen-bond acceptors (Lipinski definition) is 6. The van der Waals surface area contributed by atoms with E-state index in [4.69, 9.17) is 16.9 Å². The van der Waals surface area contributed by atoms with Gasteiger partial charge in [-0.1, -0.05) is 121 Å². The highest BCUT2D eigenvalue weighted by Crippen LogP contribution is 2.37. The zero-order valence-electron chi connectivity index (χ0n) is 27.1. The van der Waals surface area contributed by atoms with E-state index in [1.54, 1.807) is 12.2 Å². The Bertz CT molecular complexity index is 2350. The largest absolute Gasteiger partial charge is 0.398 e. The van der Waals surface area contributed by atoms with Crippen molar-refractivity contribution in [2.45, 2.75) is 0 Å². The number of nitrogens with one attached hydrogen (secondary N) is 4. The second-order valence-corrected chi connectivity index (χ2v) is 11.8. The van der Waals surface area contributed by atoms with Gasteiger partial charge in [0.15, 0.2) is 0 Å². The zero-order chi connectivity index (χ0) is 34.5. The molecule has 5 aromatic carbocycles. The molecule has 0 fully saturated rings. The number of nitrogens with zero attached hydrogens (tertiary/aromatic N) is 2. The van der Waals surface area contributed by atoms with Crippen LogP contribution in [0.5, 0.6) is 0 Å². The summed E-state index contributed by atoms with van der Waals surface area (Å²) in [5.41, 5.74) is 23.8. The molecule has 7 aromatic rings. The first kappa shape index (κ1) is 31.5. The smallest absolute Gasteiger partial charge is 0.0927 e. The van der Waals surface area contributed by atoms with Gasteiger partial charge in [0.1, 0.15) is 0 Å². The van der Waals surface area contributed by atoms with Gasteiger partial charge in [-0.15, -0.1) is 0 Å². The Morgan fingerprint density at radius 2 is 0.920 bits per heavy atom. The van der Waals surface area contributed by atoms with Crippen LogP contribution in [0.25, 0.3) is 56.4 Å². The van der Waals surface area contributed by atoms with Crippen molar-refractivity contribution in [1.29, 1.82) is 10.8 Å². The predicted molar refractivity (Wildman–Crippen MR) is 203 cm³/mol. The lowest BCUT2D eigenvalue weighted by Crippen LogP contribution is -2.09. The molecule has 0 amide bonds. The third kappa shape index (κ3) is 6.67. The quantitative estimate of drug-likeness (QED) is 0.0820. The first-order chi connectivity index (χ1) is 24.4. The summed E-state index contributed by atoms with van der Waals surface area (Å²) in [6.07, 6.45) is 3.30. The molecule has 50 heavy (non-hydrogen) atoms. The molecule has 0 aliphatic carbocycles. The van der Waals surface area contributed by atoms with E-state index in [9.17, 15) is 5.41 Å². The maximum atomic E-state index is 9.36. The van der Waals surface area contributed by atoms with Crippen molar-refractivity contribution >= 4 is 22.8 Å². The van der Waals surface area contributed by atoms with Crippen molar-refractivity contribution < 1.29 is 0 Å². The predicted octanol–water partition coefficient (Wildman–Crippen LogP) is 8.54. The van der Waals surface area contributed by atoms with E-state index in [-0.39, 0.29) is 11.4 Å². The second-order valence-electron chi connectivity index (χ2n) is 11.8. The molecule has 0 spiro atoms. The molecule has 0 bridgehead atoms. The molecule has 2 aromatic heterocycles. The lowest BCUT2D eigenvalue weighted by Gasteiger charge is -2.16. The van der Waals surface area contributed by atoms with Gasteiger partial charge in [0.25, 0.3) is 0 Å². The average molecular weight is 651 g/mol. The van der Waals surface area contributed by atoms with Gasteiger partial charge in [-0.2, -0.15) is 10.2 Å². The third-order valence-electron chi connectivity index (χ3n) is 8.43. The van der Waals surface area contributed by atoms with E-state index in [1.807, 2.05) is 146 Å². The highest BCUT2D eigenvalue weighted by atomic mass is 15.1. The van der Waals surface area contributed by atoms with Crippen molar-refractivity contribution in [2.75, 3.05) is 0 Å². The van der Waals surface area contributed by atoms with Crippen LogP contribution >= 0.6 is 0 Å². The normalized spacial score (nSPS) is 11.8. The van der Waals surface area contributed by atoms with Crippen molar-refractivity contribution in [3.05, 3.63) is 180 Å². The number of aromatic amines is 2. The Morgan fingerprint density at radius 3 is 1.44 bits per heavy atom. The number of rotatable bonds is 10. The van der Waals surface area contributed by atoms with Crippen LogP contribution in [0.2, 0.25) is 0 Å². The van der Waals surface area contributed by atoms with Crippen LogP contribution in [0, 0.1) is 10.8 Å². The monoisotopic (exact) mass is 650 g/mol. The van der Waals surface area contributed by atoms with E-state index in [0.717, 1.165) is 50.5 Å². The Morgan fingerprint density at radius 1 is 0.480 bits per heavy atom. The van der Waals surface area contributed by atoms with Gasteiger partial charge in [0, 0.05) is 44.8 Å². The van der Waals surface area contributed by atoms with Gasteiger partial charge in [0.2, 0.25) is 0 Å². The van der Waals surface area contributed by atoms with E-state index in [0.29, 0.717) is 28.2 Å². The molecule has 0 radical (unpaired) electrons. The highest BCUT2D eigenvalue weighted by Gasteiger charge is 2.21. The number of aromatic nitrogens is 4. The lowest BCUT2D eigenvalue weighted by atomic mass is 9.90. The maximum absolute atomic E-state index is 9.36. The lowest BCUT2D eigenvalue weighted by molar-refractivity contribution is 1.09. The summed E-state index contributed by atoms with van der Waals surface area (Å²) in [4.78, 5) is 0. The Balaban J connectivity index is 1.43. The van der Waals surface area contributed by atoms with Crippen LogP contribution in [-0.4, -0.2) is 31.8 Å². The van der Waals surface area contributed by atoms with Crippen LogP contribution in [0.4, 0.5) is 0 Å². The molecule has 8 nitrogen and oxygen atoms in total. The van der Waals surface area contributed by atoms with E-state index < -0.39 is 0 Å². The van der Waals surface area contributed by atoms with Crippen LogP contribution < -0.4 is 11.5 Å². The summed E-state index contributed by atoms with van der Waals surface area (Å²) >= 11 is 0. The highest BCUT2D eigenvalue weighted by molar-refractivity contribution is 6.15. The molecule has 242 valence electrons. The first-order valence-electron chi connectivity index (χ1n) is 16.1. The summed E-state index contributed by atoms with van der Waals surface area (Å²) in [6, 6.07) is 46.7. The standard InChI is InChI=1S/C42H34N8/c43-35(27-13-5-1-6-14-27)23-37(45)31-21-32(38(46)24-36(44)28-15-7-2-8-16-28)34(42-26-40(48-50-42)30-19-11-4-12-20-30)22-33(31)41-25-39(47-49-41)29-17-9-3-10-18-29/h1-26,43,46H,44-45H2,(H,47,49)(H,48,50)/b36-24-,37-23-,43-35?,46-38?. The number of nitrogens with two attached hydrogens (primary N) is 2. The van der Waals surface area contributed by atoms with Crippen LogP contribution in [0.1, 0.15) is 22.3 Å². The second kappa shape index (κ2) is 14.0. The van der Waals surface area contributed by atoms with Crippen LogP contribution in [0.3, 0.4) is 0 Å². The Hall–Kier alpha value is -7.06. The maximum Gasteiger partial charge on any atom is 0.0927 e. The van der Waals surface area contributed by atoms with Gasteiger partial charge in [-0.3, -0.25) is 10.2 Å². The van der Waals surface area contributed by atoms with Crippen molar-refractivity contribution in [3.63, 3.8) is 0 Å². The topological polar surface area (TPSA) is 157 Å². The van der Waals surface area contributed by atoms with Gasteiger partial charge in [-0.05, 0) is 47.5 Å². The van der Waals surface area contributed by atoms with Crippen LogP contribution in [-0.2, 0) is 0 Å². The first-order valence-corrected chi connectivity index (χ1v) is 16.1. The zero-order valence-corrected chi connectivity index (χ0v) is 27.1. The average Bonchev–Trinajstić information content (AvgIpc) is 3.87. The summed E-state index contributed by atoms with van der Waals surface area (Å²) in [5.74, 6) is 0. The molecule has 0 aliphatic rings. The fourth-order valence-electron chi connectivity index (χ4n) is 5.82. The molecular formula is C42H34N8. The third-order valence-corrected chi connectivity index (χ3v) is 8.43. The summed E-state index contributed by atoms with van der Waals surface area (Å²) in [6.45, 7) is 0. The van der Waals surface area contributed by atoms with E-state index >= 15 is 0 Å². The minimum atomic E-state index is 0.186. The molecule has 0 atom stereocenters. The number of benzene rings is 5. The minimum Gasteiger partial charge on any atom is -0.398 e. The van der Waals surface area contributed by atoms with Crippen molar-refractivity contribution in [1.82, 2.24) is 20.4 Å². The molecule has 0 aliphatic heterocycles. The van der Waals surface area contributed by atoms with Gasteiger partial charge in [0.05, 0.1) is 34.2 Å². The van der Waals surface area contributed by atoms with Gasteiger partial charge >= 0.3 is 0 Å². The fourth-order valence-corrected chi connectivity index (χ4v) is 5.82. The minimum absolute atomic E-state index is 0.186. The molecule has 7 rings (SSSR count). The summed E-state index contributed by atoms with van der Waals surface area (Å²) in [5, 5.41) is 33.9. The molecule has 8 heteroatoms. The fraction of sp³-hybridized carbons (Fsp3) is 0. The number of hydrogen-bond donors (Lipinski definition) is 6. The Kier molecular flexibility index (Phi) is 8.81. The molecule has 2 heterocycles. The number of allylic oxidation sites excluding steroid dienone is 2. The summed E-state index contributed by atoms with van der Waals surface area (Å²) < 4.78 is 0. The van der Waals surface area contributed by atoms with Gasteiger partial charge < -0.3 is 22.3 Å². The molecule has 0 saturated heterocycles. The van der Waals surface area contributed by atoms with Crippen molar-refractivity contribution in [3.8, 4) is 45.0 Å². The van der Waals surface area contributed by atoms with E-state index in [1.165, 1.54) is 0 Å². The SMILES string of the molecule is N=C(/C=C(\N)c1cc(C(=N)/C=C(\N)c2ccccc2)c(-c2cc(-c3ccccc3)n[nH]2)cc1-c1cc(-c2ccccc2)n[nH]1)c1ccccc1. The number of H-pyrrole nitrogens is 2.